The van der Waals surface area contributed by atoms with E-state index in [1.165, 1.54) is 32.9 Å². The van der Waals surface area contributed by atoms with Crippen LogP contribution < -0.4 is 0 Å². The van der Waals surface area contributed by atoms with E-state index < -0.39 is 16.3 Å². The summed E-state index contributed by atoms with van der Waals surface area (Å²) in [6.45, 7) is 2.35. The van der Waals surface area contributed by atoms with Gasteiger partial charge in [-0.25, -0.2) is 4.39 Å². The minimum atomic E-state index is -3.58. The van der Waals surface area contributed by atoms with Crippen molar-refractivity contribution >= 4 is 10.2 Å². The van der Waals surface area contributed by atoms with Gasteiger partial charge in [-0.05, 0) is 37.0 Å². The Bertz CT molecular complexity index is 587. The van der Waals surface area contributed by atoms with E-state index in [1.54, 1.807) is 7.05 Å². The number of hydrogen-bond acceptors (Lipinski definition) is 3. The highest BCUT2D eigenvalue weighted by Crippen LogP contribution is 2.32. The van der Waals surface area contributed by atoms with Crippen LogP contribution in [0.5, 0.6) is 0 Å². The Hall–Kier alpha value is -1.02. The highest BCUT2D eigenvalue weighted by atomic mass is 32.2. The second-order valence-corrected chi connectivity index (χ2v) is 7.69. The van der Waals surface area contributed by atoms with Gasteiger partial charge in [0.15, 0.2) is 0 Å². The Balaban J connectivity index is 2.13. The lowest BCUT2D eigenvalue weighted by atomic mass is 10.1. The summed E-state index contributed by atoms with van der Waals surface area (Å²) in [4.78, 5) is 0. The van der Waals surface area contributed by atoms with Gasteiger partial charge in [0, 0.05) is 26.2 Å². The third-order valence-electron chi connectivity index (χ3n) is 3.79. The molecule has 1 saturated carbocycles. The monoisotopic (exact) mass is 330 g/mol. The summed E-state index contributed by atoms with van der Waals surface area (Å²) in [5.41, 5.74) is 0.514. The van der Waals surface area contributed by atoms with Crippen LogP contribution in [0.1, 0.15) is 37.9 Å². The van der Waals surface area contributed by atoms with E-state index in [2.05, 4.69) is 0 Å². The standard InChI is InChI=1S/C15H23FN2O3S/c1-3-10-17(2)22(20,21)18(14-8-9-14)11-15(19)12-4-6-13(16)7-5-12/h4-7,14-15,19H,3,8-11H2,1-2H3. The van der Waals surface area contributed by atoms with Crippen LogP contribution in [0.3, 0.4) is 0 Å². The van der Waals surface area contributed by atoms with Crippen molar-refractivity contribution in [1.29, 1.82) is 0 Å². The molecule has 1 aromatic carbocycles. The van der Waals surface area contributed by atoms with Crippen molar-refractivity contribution in [1.82, 2.24) is 8.61 Å². The van der Waals surface area contributed by atoms with Gasteiger partial charge in [-0.15, -0.1) is 0 Å². The van der Waals surface area contributed by atoms with Crippen LogP contribution in [0.25, 0.3) is 0 Å². The molecule has 0 bridgehead atoms. The molecular weight excluding hydrogens is 307 g/mol. The van der Waals surface area contributed by atoms with E-state index in [0.29, 0.717) is 12.1 Å². The van der Waals surface area contributed by atoms with Crippen LogP contribution in [-0.2, 0) is 10.2 Å². The van der Waals surface area contributed by atoms with Crippen LogP contribution >= 0.6 is 0 Å². The number of benzene rings is 1. The van der Waals surface area contributed by atoms with E-state index >= 15 is 0 Å². The van der Waals surface area contributed by atoms with Crippen LogP contribution in [0.4, 0.5) is 4.39 Å². The van der Waals surface area contributed by atoms with Crippen molar-refractivity contribution in [3.63, 3.8) is 0 Å². The number of aliphatic hydroxyl groups is 1. The predicted octanol–water partition coefficient (Wildman–Crippen LogP) is 1.91. The van der Waals surface area contributed by atoms with Gasteiger partial charge < -0.3 is 5.11 Å². The molecule has 1 aliphatic rings. The largest absolute Gasteiger partial charge is 0.387 e. The van der Waals surface area contributed by atoms with Crippen LogP contribution in [0.2, 0.25) is 0 Å². The molecule has 1 aromatic rings. The molecule has 1 fully saturated rings. The smallest absolute Gasteiger partial charge is 0.282 e. The van der Waals surface area contributed by atoms with Crippen molar-refractivity contribution in [2.24, 2.45) is 0 Å². The normalized spacial score (nSPS) is 17.2. The van der Waals surface area contributed by atoms with Gasteiger partial charge in [-0.2, -0.15) is 17.0 Å². The molecule has 0 spiro atoms. The molecule has 0 heterocycles. The van der Waals surface area contributed by atoms with Gasteiger partial charge in [0.2, 0.25) is 0 Å². The molecular formula is C15H23FN2O3S. The number of halogens is 1. The summed E-state index contributed by atoms with van der Waals surface area (Å²) in [6, 6.07) is 5.44. The fraction of sp³-hybridized carbons (Fsp3) is 0.600. The maximum atomic E-state index is 12.9. The Labute approximate surface area is 131 Å². The van der Waals surface area contributed by atoms with Crippen LogP contribution in [-0.4, -0.2) is 48.3 Å². The molecule has 5 nitrogen and oxygen atoms in total. The van der Waals surface area contributed by atoms with Gasteiger partial charge >= 0.3 is 0 Å². The lowest BCUT2D eigenvalue weighted by Crippen LogP contribution is -2.45. The summed E-state index contributed by atoms with van der Waals surface area (Å²) in [5.74, 6) is -0.384. The fourth-order valence-electron chi connectivity index (χ4n) is 2.36. The molecule has 2 rings (SSSR count). The topological polar surface area (TPSA) is 60.9 Å². The summed E-state index contributed by atoms with van der Waals surface area (Å²) in [7, 11) is -2.02. The summed E-state index contributed by atoms with van der Waals surface area (Å²) in [5, 5.41) is 10.3. The van der Waals surface area contributed by atoms with E-state index in [0.717, 1.165) is 19.3 Å². The quantitative estimate of drug-likeness (QED) is 0.792. The molecule has 1 aliphatic carbocycles. The van der Waals surface area contributed by atoms with Crippen molar-refractivity contribution in [2.45, 2.75) is 38.3 Å². The van der Waals surface area contributed by atoms with Crippen molar-refractivity contribution < 1.29 is 17.9 Å². The van der Waals surface area contributed by atoms with E-state index in [-0.39, 0.29) is 18.4 Å². The molecule has 0 radical (unpaired) electrons. The van der Waals surface area contributed by atoms with Crippen molar-refractivity contribution in [3.8, 4) is 0 Å². The molecule has 1 atom stereocenters. The third kappa shape index (κ3) is 4.04. The second kappa shape index (κ2) is 7.04. The average Bonchev–Trinajstić information content (AvgIpc) is 3.29. The zero-order chi connectivity index (χ0) is 16.3. The molecule has 22 heavy (non-hydrogen) atoms. The molecule has 124 valence electrons. The van der Waals surface area contributed by atoms with Crippen molar-refractivity contribution in [3.05, 3.63) is 35.6 Å². The van der Waals surface area contributed by atoms with E-state index in [1.807, 2.05) is 6.92 Å². The second-order valence-electron chi connectivity index (χ2n) is 5.70. The summed E-state index contributed by atoms with van der Waals surface area (Å²) >= 11 is 0. The lowest BCUT2D eigenvalue weighted by molar-refractivity contribution is 0.142. The zero-order valence-electron chi connectivity index (χ0n) is 12.9. The molecule has 0 saturated heterocycles. The number of nitrogens with zero attached hydrogens (tertiary/aromatic N) is 2. The molecule has 1 N–H and O–H groups in total. The minimum absolute atomic E-state index is 0.00726. The Morgan fingerprint density at radius 1 is 1.32 bits per heavy atom. The Morgan fingerprint density at radius 3 is 2.41 bits per heavy atom. The van der Waals surface area contributed by atoms with Gasteiger partial charge in [-0.1, -0.05) is 19.1 Å². The SMILES string of the molecule is CCCN(C)S(=O)(=O)N(CC(O)c1ccc(F)cc1)C1CC1. The highest BCUT2D eigenvalue weighted by Gasteiger charge is 2.40. The van der Waals surface area contributed by atoms with E-state index in [4.69, 9.17) is 0 Å². The maximum absolute atomic E-state index is 12.9. The summed E-state index contributed by atoms with van der Waals surface area (Å²) in [6.07, 6.45) is 1.39. The van der Waals surface area contributed by atoms with Gasteiger partial charge in [0.1, 0.15) is 5.82 Å². The van der Waals surface area contributed by atoms with Gasteiger partial charge in [-0.3, -0.25) is 0 Å². The van der Waals surface area contributed by atoms with Crippen LogP contribution in [0.15, 0.2) is 24.3 Å². The lowest BCUT2D eigenvalue weighted by Gasteiger charge is -2.29. The molecule has 0 amide bonds. The number of rotatable bonds is 8. The first-order valence-electron chi connectivity index (χ1n) is 7.53. The number of aliphatic hydroxyl groups excluding tert-OH is 1. The first-order chi connectivity index (χ1) is 10.4. The van der Waals surface area contributed by atoms with Gasteiger partial charge in [0.25, 0.3) is 10.2 Å². The van der Waals surface area contributed by atoms with Crippen LogP contribution in [0, 0.1) is 5.82 Å². The molecule has 0 aliphatic heterocycles. The maximum Gasteiger partial charge on any atom is 0.282 e. The molecule has 1 unspecified atom stereocenters. The minimum Gasteiger partial charge on any atom is -0.387 e. The van der Waals surface area contributed by atoms with Gasteiger partial charge in [0.05, 0.1) is 6.10 Å². The first-order valence-corrected chi connectivity index (χ1v) is 8.92. The molecule has 7 heteroatoms. The number of hydrogen-bond donors (Lipinski definition) is 1. The Morgan fingerprint density at radius 2 is 1.91 bits per heavy atom. The fourth-order valence-corrected chi connectivity index (χ4v) is 4.05. The summed E-state index contributed by atoms with van der Waals surface area (Å²) < 4.78 is 40.8. The molecule has 0 aromatic heterocycles. The highest BCUT2D eigenvalue weighted by molar-refractivity contribution is 7.86. The third-order valence-corrected chi connectivity index (χ3v) is 5.80. The van der Waals surface area contributed by atoms with Crippen molar-refractivity contribution in [2.75, 3.05) is 20.1 Å². The predicted molar refractivity (Wildman–Crippen MR) is 82.9 cm³/mol. The zero-order valence-corrected chi connectivity index (χ0v) is 13.8. The average molecular weight is 330 g/mol. The first kappa shape index (κ1) is 17.3. The Kier molecular flexibility index (Phi) is 5.55. The van der Waals surface area contributed by atoms with E-state index in [9.17, 15) is 17.9 Å².